The number of carboxylic acids is 1. The van der Waals surface area contributed by atoms with Gasteiger partial charge in [0.2, 0.25) is 0 Å². The topological polar surface area (TPSA) is 99.4 Å². The van der Waals surface area contributed by atoms with Crippen molar-refractivity contribution in [1.29, 1.82) is 0 Å². The van der Waals surface area contributed by atoms with Crippen molar-refractivity contribution in [3.63, 3.8) is 0 Å². The molecule has 22 heavy (non-hydrogen) atoms. The maximum Gasteiger partial charge on any atom is 0.329 e. The van der Waals surface area contributed by atoms with Crippen LogP contribution in [0.1, 0.15) is 29.1 Å². The molecule has 0 radical (unpaired) electrons. The average molecular weight is 325 g/mol. The molecule has 0 fully saturated rings. The average Bonchev–Trinajstić information content (AvgIpc) is 2.80. The van der Waals surface area contributed by atoms with Crippen molar-refractivity contribution in [2.45, 2.75) is 27.3 Å². The van der Waals surface area contributed by atoms with Gasteiger partial charge in [0.05, 0.1) is 42.4 Å². The van der Waals surface area contributed by atoms with E-state index in [1.807, 2.05) is 13.8 Å². The SMILES string of the molecule is CC[NH+](CC)CCn1c(=O)[nH]c2sc(C(=O)[O-])c(C)c2c1=O. The molecule has 0 spiro atoms. The highest BCUT2D eigenvalue weighted by Gasteiger charge is 2.17. The molecule has 120 valence electrons. The number of aromatic carboxylic acids is 1. The maximum absolute atomic E-state index is 12.5. The lowest BCUT2D eigenvalue weighted by Crippen LogP contribution is -3.11. The number of carbonyl (C=O) groups excluding carboxylic acids is 1. The minimum absolute atomic E-state index is 0.0186. The number of rotatable bonds is 6. The number of H-pyrrole nitrogens is 1. The van der Waals surface area contributed by atoms with E-state index in [1.54, 1.807) is 6.92 Å². The molecule has 2 aromatic rings. The number of aryl methyl sites for hydroxylation is 1. The highest BCUT2D eigenvalue weighted by atomic mass is 32.1. The van der Waals surface area contributed by atoms with Crippen LogP contribution in [0.25, 0.3) is 10.2 Å². The van der Waals surface area contributed by atoms with Crippen LogP contribution in [0.15, 0.2) is 9.59 Å². The number of fused-ring (bicyclic) bond motifs is 1. The zero-order chi connectivity index (χ0) is 16.4. The molecule has 0 aliphatic heterocycles. The van der Waals surface area contributed by atoms with Gasteiger partial charge in [-0.05, 0) is 26.3 Å². The molecule has 2 heterocycles. The number of hydrogen-bond donors (Lipinski definition) is 2. The summed E-state index contributed by atoms with van der Waals surface area (Å²) in [7, 11) is 0. The molecule has 0 aromatic carbocycles. The van der Waals surface area contributed by atoms with E-state index in [9.17, 15) is 19.5 Å². The van der Waals surface area contributed by atoms with Gasteiger partial charge in [0.25, 0.3) is 5.56 Å². The van der Waals surface area contributed by atoms with Crippen LogP contribution in [0.5, 0.6) is 0 Å². The summed E-state index contributed by atoms with van der Waals surface area (Å²) in [6, 6.07) is 0. The fourth-order valence-electron chi connectivity index (χ4n) is 2.52. The molecular weight excluding hydrogens is 306 g/mol. The molecule has 0 unspecified atom stereocenters. The van der Waals surface area contributed by atoms with E-state index in [4.69, 9.17) is 0 Å². The summed E-state index contributed by atoms with van der Waals surface area (Å²) in [5, 5.41) is 11.3. The molecule has 0 saturated carbocycles. The van der Waals surface area contributed by atoms with Crippen molar-refractivity contribution >= 4 is 27.5 Å². The Bertz CT molecular complexity index is 814. The molecule has 7 nitrogen and oxygen atoms in total. The van der Waals surface area contributed by atoms with Crippen molar-refractivity contribution < 1.29 is 14.8 Å². The third-order valence-corrected chi connectivity index (χ3v) is 5.13. The van der Waals surface area contributed by atoms with Crippen molar-refractivity contribution in [3.05, 3.63) is 31.3 Å². The largest absolute Gasteiger partial charge is 0.544 e. The fourth-order valence-corrected chi connectivity index (χ4v) is 3.55. The third kappa shape index (κ3) is 2.84. The predicted molar refractivity (Wildman–Crippen MR) is 82.7 cm³/mol. The standard InChI is InChI=1S/C14H19N3O4S/c1-4-16(5-2)6-7-17-12(18)9-8(3)10(13(19)20)22-11(9)15-14(17)21/h4-7H2,1-3H3,(H,15,21)(H,19,20). The Morgan fingerprint density at radius 1 is 1.32 bits per heavy atom. The van der Waals surface area contributed by atoms with Crippen LogP contribution in [0.2, 0.25) is 0 Å². The second-order valence-electron chi connectivity index (χ2n) is 5.14. The number of nitrogens with one attached hydrogen (secondary N) is 2. The van der Waals surface area contributed by atoms with Crippen LogP contribution in [-0.4, -0.2) is 35.2 Å². The van der Waals surface area contributed by atoms with Crippen molar-refractivity contribution in [2.24, 2.45) is 0 Å². The molecule has 2 rings (SSSR count). The lowest BCUT2D eigenvalue weighted by molar-refractivity contribution is -0.897. The van der Waals surface area contributed by atoms with E-state index < -0.39 is 17.2 Å². The normalized spacial score (nSPS) is 11.5. The van der Waals surface area contributed by atoms with E-state index in [-0.39, 0.29) is 15.1 Å². The quantitative estimate of drug-likeness (QED) is 0.664. The second kappa shape index (κ2) is 6.45. The van der Waals surface area contributed by atoms with Gasteiger partial charge in [0, 0.05) is 0 Å². The molecule has 8 heteroatoms. The van der Waals surface area contributed by atoms with Gasteiger partial charge >= 0.3 is 5.69 Å². The predicted octanol–water partition coefficient (Wildman–Crippen LogP) is -1.65. The van der Waals surface area contributed by atoms with Crippen LogP contribution in [-0.2, 0) is 6.54 Å². The summed E-state index contributed by atoms with van der Waals surface area (Å²) in [6.45, 7) is 8.45. The van der Waals surface area contributed by atoms with E-state index >= 15 is 0 Å². The lowest BCUT2D eigenvalue weighted by atomic mass is 10.2. The number of aromatic nitrogens is 2. The Hall–Kier alpha value is -1.93. The number of thiophene rings is 1. The summed E-state index contributed by atoms with van der Waals surface area (Å²) in [6.07, 6.45) is 0. The van der Waals surface area contributed by atoms with Gasteiger partial charge < -0.3 is 14.8 Å². The minimum Gasteiger partial charge on any atom is -0.544 e. The van der Waals surface area contributed by atoms with E-state index in [1.165, 1.54) is 4.90 Å². The molecule has 2 aromatic heterocycles. The number of carboxylic acid groups (broad SMARTS) is 1. The van der Waals surface area contributed by atoms with Crippen LogP contribution >= 0.6 is 11.3 Å². The maximum atomic E-state index is 12.5. The molecule has 0 saturated heterocycles. The first-order valence-electron chi connectivity index (χ1n) is 7.21. The first kappa shape index (κ1) is 16.4. The van der Waals surface area contributed by atoms with Crippen LogP contribution in [0.3, 0.4) is 0 Å². The highest BCUT2D eigenvalue weighted by molar-refractivity contribution is 7.20. The Labute approximate surface area is 130 Å². The molecule has 0 aliphatic rings. The van der Waals surface area contributed by atoms with Crippen LogP contribution in [0, 0.1) is 6.92 Å². The van der Waals surface area contributed by atoms with Crippen molar-refractivity contribution in [1.82, 2.24) is 9.55 Å². The van der Waals surface area contributed by atoms with Gasteiger partial charge in [-0.3, -0.25) is 14.3 Å². The van der Waals surface area contributed by atoms with Gasteiger partial charge in [-0.1, -0.05) is 0 Å². The lowest BCUT2D eigenvalue weighted by Gasteiger charge is -2.15. The van der Waals surface area contributed by atoms with E-state index in [0.717, 1.165) is 29.0 Å². The molecule has 2 N–H and O–H groups in total. The Morgan fingerprint density at radius 3 is 2.50 bits per heavy atom. The summed E-state index contributed by atoms with van der Waals surface area (Å²) < 4.78 is 1.15. The van der Waals surface area contributed by atoms with Crippen LogP contribution < -0.4 is 21.3 Å². The van der Waals surface area contributed by atoms with Gasteiger partial charge in [-0.15, -0.1) is 11.3 Å². The number of carbonyl (C=O) groups is 1. The smallest absolute Gasteiger partial charge is 0.329 e. The second-order valence-corrected chi connectivity index (χ2v) is 6.16. The molecule has 0 aliphatic carbocycles. The van der Waals surface area contributed by atoms with Crippen LogP contribution in [0.4, 0.5) is 0 Å². The number of quaternary nitrogens is 1. The van der Waals surface area contributed by atoms with E-state index in [2.05, 4.69) is 4.98 Å². The molecular formula is C14H19N3O4S. The van der Waals surface area contributed by atoms with Gasteiger partial charge in [-0.25, -0.2) is 4.79 Å². The highest BCUT2D eigenvalue weighted by Crippen LogP contribution is 2.25. The summed E-state index contributed by atoms with van der Waals surface area (Å²) in [5.74, 6) is -1.34. The number of aromatic amines is 1. The number of nitrogens with zero attached hydrogens (tertiary/aromatic N) is 1. The number of likely N-dealkylation sites (N-methyl/N-ethyl adjacent to an activating group) is 1. The first-order valence-corrected chi connectivity index (χ1v) is 8.03. The third-order valence-electron chi connectivity index (χ3n) is 3.95. The summed E-state index contributed by atoms with van der Waals surface area (Å²) >= 11 is 0.866. The summed E-state index contributed by atoms with van der Waals surface area (Å²) in [5.41, 5.74) is -0.591. The van der Waals surface area contributed by atoms with Gasteiger partial charge in [0.1, 0.15) is 4.83 Å². The molecule has 0 bridgehead atoms. The Morgan fingerprint density at radius 2 is 1.95 bits per heavy atom. The number of hydrogen-bond acceptors (Lipinski definition) is 5. The monoisotopic (exact) mass is 325 g/mol. The minimum atomic E-state index is -1.34. The van der Waals surface area contributed by atoms with Crippen molar-refractivity contribution in [2.75, 3.05) is 19.6 Å². The first-order chi connectivity index (χ1) is 10.4. The summed E-state index contributed by atoms with van der Waals surface area (Å²) in [4.78, 5) is 39.8. The fraction of sp³-hybridized carbons (Fsp3) is 0.500. The van der Waals surface area contributed by atoms with Gasteiger partial charge in [-0.2, -0.15) is 0 Å². The van der Waals surface area contributed by atoms with Gasteiger partial charge in [0.15, 0.2) is 0 Å². The molecule has 0 amide bonds. The zero-order valence-electron chi connectivity index (χ0n) is 12.8. The molecule has 0 atom stereocenters. The Kier molecular flexibility index (Phi) is 4.82. The van der Waals surface area contributed by atoms with Crippen molar-refractivity contribution in [3.8, 4) is 0 Å². The Balaban J connectivity index is 2.53. The zero-order valence-corrected chi connectivity index (χ0v) is 13.6. The van der Waals surface area contributed by atoms with E-state index in [0.29, 0.717) is 18.7 Å².